The van der Waals surface area contributed by atoms with Gasteiger partial charge in [0, 0.05) is 77.9 Å². The first-order valence-electron chi connectivity index (χ1n) is 23.6. The number of nitrogens with zero attached hydrogens (tertiary/aromatic N) is 4. The van der Waals surface area contributed by atoms with E-state index in [9.17, 15) is 51.9 Å². The molecule has 4 aliphatic heterocycles. The quantitative estimate of drug-likeness (QED) is 0.0691. The molecule has 0 saturated carbocycles. The second-order valence-corrected chi connectivity index (χ2v) is 20.4. The number of aromatic nitrogens is 1. The van der Waals surface area contributed by atoms with Gasteiger partial charge in [0.2, 0.25) is 17.7 Å². The van der Waals surface area contributed by atoms with Crippen LogP contribution in [-0.4, -0.2) is 92.0 Å². The van der Waals surface area contributed by atoms with E-state index < -0.39 is 71.6 Å². The summed E-state index contributed by atoms with van der Waals surface area (Å²) in [6, 6.07) is 16.1. The average molecular weight is 1070 g/mol. The van der Waals surface area contributed by atoms with Crippen LogP contribution in [0.15, 0.2) is 78.2 Å². The van der Waals surface area contributed by atoms with Crippen LogP contribution in [0.25, 0.3) is 11.3 Å². The minimum Gasteiger partial charge on any atom is -0.443 e. The lowest BCUT2D eigenvalue weighted by Gasteiger charge is -2.35. The molecular weight excluding hydrogens is 1020 g/mol. The molecule has 10 amide bonds. The van der Waals surface area contributed by atoms with Crippen LogP contribution in [-0.2, 0) is 54.9 Å². The second-order valence-electron chi connectivity index (χ2n) is 19.1. The summed E-state index contributed by atoms with van der Waals surface area (Å²) in [5.41, 5.74) is 5.05. The highest BCUT2D eigenvalue weighted by Gasteiger charge is 2.43. The lowest BCUT2D eigenvalue weighted by molar-refractivity contribution is -0.168. The van der Waals surface area contributed by atoms with Crippen LogP contribution in [0.5, 0.6) is 0 Å². The number of halogens is 3. The standard InChI is InChI=1S/C28H31ClN4O6.C24H19F2N5O4S/c1-16-5-7-19(12-21(16)29)31-27(38)30-13-17-6-8-20-18(11-17)14-32(24(20)35)22-9-10-23(34)33(25(22)36)15-39-26(37)28(2,3)4;25-15-3-4-16(17(26)8-15)18-11-36-24(27-18)30-23(35)29-21(33)12-1-2-13-9-31(10-14(13)7-12)19-5-6-20(32)28-22(19)34/h5-8,11-12,22H,9-10,13-15H2,1-4H3,(H2,30,31,38);1-4,7-8,11,19H,5-6,9-10H2,(H,28,32,34)(H2,27,29,30,33,35). The van der Waals surface area contributed by atoms with Crippen molar-refractivity contribution in [2.75, 3.05) is 17.4 Å². The molecule has 1 aromatic heterocycles. The number of hydrogen-bond donors (Lipinski definition) is 5. The van der Waals surface area contributed by atoms with Gasteiger partial charge in [0.15, 0.2) is 11.9 Å². The second kappa shape index (κ2) is 22.3. The van der Waals surface area contributed by atoms with Crippen molar-refractivity contribution in [3.63, 3.8) is 0 Å². The predicted octanol–water partition coefficient (Wildman–Crippen LogP) is 7.16. The Morgan fingerprint density at radius 1 is 0.827 bits per heavy atom. The topological polar surface area (TPSA) is 246 Å². The zero-order valence-electron chi connectivity index (χ0n) is 40.9. The Morgan fingerprint density at radius 2 is 1.57 bits per heavy atom. The summed E-state index contributed by atoms with van der Waals surface area (Å²) in [4.78, 5) is 120. The smallest absolute Gasteiger partial charge is 0.327 e. The Bertz CT molecular complexity index is 3180. The number of carbonyl (C=O) groups excluding carboxylic acids is 9. The molecule has 5 N–H and O–H groups in total. The van der Waals surface area contributed by atoms with Crippen molar-refractivity contribution in [2.24, 2.45) is 5.41 Å². The maximum absolute atomic E-state index is 14.0. The first kappa shape index (κ1) is 53.3. The van der Waals surface area contributed by atoms with Crippen molar-refractivity contribution in [1.82, 2.24) is 35.6 Å². The van der Waals surface area contributed by atoms with Crippen molar-refractivity contribution in [1.29, 1.82) is 0 Å². The number of imide groups is 3. The summed E-state index contributed by atoms with van der Waals surface area (Å²) >= 11 is 7.13. The van der Waals surface area contributed by atoms with Crippen LogP contribution in [0, 0.1) is 24.0 Å². The molecule has 390 valence electrons. The highest BCUT2D eigenvalue weighted by molar-refractivity contribution is 7.14. The number of carbonyl (C=O) groups is 9. The molecule has 2 saturated heterocycles. The minimum atomic E-state index is -0.843. The number of aryl methyl sites for hydroxylation is 1. The maximum Gasteiger partial charge on any atom is 0.327 e. The lowest BCUT2D eigenvalue weighted by Crippen LogP contribution is -2.55. The molecule has 4 aromatic carbocycles. The third kappa shape index (κ3) is 12.5. The van der Waals surface area contributed by atoms with E-state index in [0.29, 0.717) is 35.8 Å². The van der Waals surface area contributed by atoms with Crippen molar-refractivity contribution >= 4 is 87.2 Å². The van der Waals surface area contributed by atoms with Crippen LogP contribution in [0.1, 0.15) is 95.0 Å². The Hall–Kier alpha value is -7.95. The first-order chi connectivity index (χ1) is 35.6. The van der Waals surface area contributed by atoms with E-state index in [1.807, 2.05) is 24.0 Å². The van der Waals surface area contributed by atoms with Crippen LogP contribution < -0.4 is 26.6 Å². The number of likely N-dealkylation sites (tertiary alicyclic amines) is 1. The van der Waals surface area contributed by atoms with E-state index in [2.05, 4.69) is 31.6 Å². The number of piperidine rings is 2. The molecule has 0 radical (unpaired) electrons. The summed E-state index contributed by atoms with van der Waals surface area (Å²) in [7, 11) is 0. The molecule has 0 bridgehead atoms. The molecule has 23 heteroatoms. The van der Waals surface area contributed by atoms with Crippen LogP contribution >= 0.6 is 22.9 Å². The number of rotatable bonds is 10. The van der Waals surface area contributed by atoms with Crippen molar-refractivity contribution < 1.29 is 56.7 Å². The van der Waals surface area contributed by atoms with E-state index in [0.717, 1.165) is 56.2 Å². The number of benzene rings is 4. The molecule has 75 heavy (non-hydrogen) atoms. The van der Waals surface area contributed by atoms with Gasteiger partial charge in [0.05, 0.1) is 17.2 Å². The zero-order chi connectivity index (χ0) is 53.9. The van der Waals surface area contributed by atoms with E-state index in [1.54, 1.807) is 63.2 Å². The Labute approximate surface area is 437 Å². The molecule has 4 aliphatic rings. The van der Waals surface area contributed by atoms with Gasteiger partial charge in [-0.2, -0.15) is 0 Å². The molecule has 19 nitrogen and oxygen atoms in total. The Kier molecular flexibility index (Phi) is 15.8. The summed E-state index contributed by atoms with van der Waals surface area (Å²) in [6.45, 7) is 7.79. The van der Waals surface area contributed by atoms with Crippen molar-refractivity contribution in [3.05, 3.63) is 134 Å². The van der Waals surface area contributed by atoms with E-state index in [4.69, 9.17) is 16.3 Å². The van der Waals surface area contributed by atoms with Crippen LogP contribution in [0.4, 0.5) is 29.2 Å². The van der Waals surface area contributed by atoms with Gasteiger partial charge in [-0.05, 0) is 111 Å². The number of ether oxygens (including phenoxy) is 1. The number of amides is 10. The zero-order valence-corrected chi connectivity index (χ0v) is 42.5. The highest BCUT2D eigenvalue weighted by atomic mass is 35.5. The molecular formula is C52H50ClF2N9O10S. The molecule has 2 fully saturated rings. The number of fused-ring (bicyclic) bond motifs is 2. The van der Waals surface area contributed by atoms with Gasteiger partial charge in [0.1, 0.15) is 17.7 Å². The van der Waals surface area contributed by atoms with Crippen LogP contribution in [0.3, 0.4) is 0 Å². The third-order valence-corrected chi connectivity index (χ3v) is 13.9. The maximum atomic E-state index is 14.0. The molecule has 2 atom stereocenters. The minimum absolute atomic E-state index is 0.0556. The first-order valence-corrected chi connectivity index (χ1v) is 24.9. The fourth-order valence-electron chi connectivity index (χ4n) is 8.64. The fourth-order valence-corrected chi connectivity index (χ4v) is 9.53. The van der Waals surface area contributed by atoms with Gasteiger partial charge in [0.25, 0.3) is 17.7 Å². The van der Waals surface area contributed by atoms with Gasteiger partial charge in [-0.25, -0.2) is 28.3 Å². The summed E-state index contributed by atoms with van der Waals surface area (Å²) in [6.07, 6.45) is 0.975. The Balaban J connectivity index is 0.000000200. The van der Waals surface area contributed by atoms with Gasteiger partial charge in [-0.3, -0.25) is 54.4 Å². The van der Waals surface area contributed by atoms with Gasteiger partial charge < -0.3 is 20.3 Å². The molecule has 2 unspecified atom stereocenters. The van der Waals surface area contributed by atoms with Crippen molar-refractivity contribution in [2.45, 2.75) is 91.6 Å². The largest absolute Gasteiger partial charge is 0.443 e. The lowest BCUT2D eigenvalue weighted by atomic mass is 9.97. The monoisotopic (exact) mass is 1070 g/mol. The Morgan fingerprint density at radius 3 is 2.31 bits per heavy atom. The van der Waals surface area contributed by atoms with Gasteiger partial charge in [-0.15, -0.1) is 11.3 Å². The van der Waals surface area contributed by atoms with Gasteiger partial charge in [-0.1, -0.05) is 35.9 Å². The number of urea groups is 2. The summed E-state index contributed by atoms with van der Waals surface area (Å²) < 4.78 is 32.3. The molecule has 0 spiro atoms. The van der Waals surface area contributed by atoms with Crippen LogP contribution in [0.2, 0.25) is 5.02 Å². The SMILES string of the molecule is Cc1ccc(NC(=O)NCc2ccc3c(c2)CN(C2CCC(=O)N(COC(=O)C(C)(C)C)C2=O)C3=O)cc1Cl.O=C1CCC(N2Cc3ccc(C(=O)NC(=O)Nc4nc(-c5ccc(F)cc5F)cs4)cc3C2)C(=O)N1. The normalized spacial score (nSPS) is 17.3. The fraction of sp³-hybridized carbons (Fsp3) is 0.308. The number of anilines is 2. The summed E-state index contributed by atoms with van der Waals surface area (Å²) in [5, 5.41) is 14.7. The molecule has 9 rings (SSSR count). The molecule has 5 aromatic rings. The van der Waals surface area contributed by atoms with E-state index >= 15 is 0 Å². The van der Waals surface area contributed by atoms with Gasteiger partial charge >= 0.3 is 18.0 Å². The number of esters is 1. The third-order valence-electron chi connectivity index (χ3n) is 12.7. The molecule has 5 heterocycles. The van der Waals surface area contributed by atoms with Crippen molar-refractivity contribution in [3.8, 4) is 11.3 Å². The highest BCUT2D eigenvalue weighted by Crippen LogP contribution is 2.32. The summed E-state index contributed by atoms with van der Waals surface area (Å²) in [5.74, 6) is -4.56. The number of nitrogens with one attached hydrogen (secondary N) is 5. The molecule has 0 aliphatic carbocycles. The van der Waals surface area contributed by atoms with E-state index in [1.165, 1.54) is 16.3 Å². The van der Waals surface area contributed by atoms with E-state index in [-0.39, 0.29) is 72.0 Å². The average Bonchev–Trinajstić information content (AvgIpc) is 4.08. The number of thiazole rings is 1. The predicted molar refractivity (Wildman–Crippen MR) is 269 cm³/mol. The number of hydrogen-bond acceptors (Lipinski definition) is 13.